The third kappa shape index (κ3) is 3.83. The number of nitrogens with one attached hydrogen (secondary N) is 1. The molecule has 2 rings (SSSR count). The molecule has 1 atom stereocenters. The van der Waals surface area contributed by atoms with Crippen LogP contribution in [0.5, 0.6) is 0 Å². The Balaban J connectivity index is 2.31. The zero-order chi connectivity index (χ0) is 15.4. The van der Waals surface area contributed by atoms with Gasteiger partial charge in [0.25, 0.3) is 0 Å². The molecule has 0 aromatic heterocycles. The summed E-state index contributed by atoms with van der Waals surface area (Å²) in [6.07, 6.45) is 0.838. The summed E-state index contributed by atoms with van der Waals surface area (Å²) in [5.74, 6) is 0. The standard InChI is InChI=1S/C16H13Cl3N2/c1-2-15(11-4-6-12(17)14(19)8-11)21-16-7-10(9-20)3-5-13(16)18/h3-8,15,21H,2H2,1H3. The van der Waals surface area contributed by atoms with Gasteiger partial charge in [-0.2, -0.15) is 5.26 Å². The van der Waals surface area contributed by atoms with Crippen molar-refractivity contribution in [3.05, 3.63) is 62.6 Å². The summed E-state index contributed by atoms with van der Waals surface area (Å²) < 4.78 is 0. The van der Waals surface area contributed by atoms with Crippen LogP contribution in [0.2, 0.25) is 15.1 Å². The molecule has 0 saturated carbocycles. The molecule has 21 heavy (non-hydrogen) atoms. The van der Waals surface area contributed by atoms with Crippen LogP contribution in [0.3, 0.4) is 0 Å². The van der Waals surface area contributed by atoms with E-state index in [0.717, 1.165) is 17.7 Å². The van der Waals surface area contributed by atoms with Gasteiger partial charge in [0, 0.05) is 0 Å². The Labute approximate surface area is 139 Å². The molecule has 0 saturated heterocycles. The van der Waals surface area contributed by atoms with Gasteiger partial charge in [-0.15, -0.1) is 0 Å². The fourth-order valence-corrected chi connectivity index (χ4v) is 2.52. The molecule has 0 aliphatic rings. The lowest BCUT2D eigenvalue weighted by atomic mass is 10.0. The molecule has 2 aromatic carbocycles. The van der Waals surface area contributed by atoms with Crippen LogP contribution in [-0.2, 0) is 0 Å². The van der Waals surface area contributed by atoms with Crippen LogP contribution < -0.4 is 5.32 Å². The summed E-state index contributed by atoms with van der Waals surface area (Å²) in [6.45, 7) is 2.06. The first-order chi connectivity index (χ1) is 10.0. The summed E-state index contributed by atoms with van der Waals surface area (Å²) in [5.41, 5.74) is 2.31. The topological polar surface area (TPSA) is 35.8 Å². The van der Waals surface area contributed by atoms with Crippen LogP contribution in [-0.4, -0.2) is 0 Å². The lowest BCUT2D eigenvalue weighted by Gasteiger charge is -2.20. The monoisotopic (exact) mass is 338 g/mol. The van der Waals surface area contributed by atoms with Crippen LogP contribution in [0.25, 0.3) is 0 Å². The van der Waals surface area contributed by atoms with E-state index in [1.165, 1.54) is 0 Å². The predicted molar refractivity (Wildman–Crippen MR) is 89.3 cm³/mol. The minimum atomic E-state index is 0.0335. The Kier molecular flexibility index (Phi) is 5.36. The maximum atomic E-state index is 8.98. The summed E-state index contributed by atoms with van der Waals surface area (Å²) in [7, 11) is 0. The maximum absolute atomic E-state index is 8.98. The van der Waals surface area contributed by atoms with Crippen molar-refractivity contribution < 1.29 is 0 Å². The number of nitriles is 1. The van der Waals surface area contributed by atoms with E-state index in [2.05, 4.69) is 18.3 Å². The molecule has 0 spiro atoms. The molecule has 2 aromatic rings. The summed E-state index contributed by atoms with van der Waals surface area (Å²) in [4.78, 5) is 0. The molecule has 0 radical (unpaired) electrons. The quantitative estimate of drug-likeness (QED) is 0.732. The van der Waals surface area contributed by atoms with Crippen LogP contribution in [0.15, 0.2) is 36.4 Å². The Bertz CT molecular complexity index is 692. The minimum Gasteiger partial charge on any atom is -0.377 e. The molecule has 1 N–H and O–H groups in total. The highest BCUT2D eigenvalue weighted by molar-refractivity contribution is 6.42. The average Bonchev–Trinajstić information content (AvgIpc) is 2.49. The SMILES string of the molecule is CCC(Nc1cc(C#N)ccc1Cl)c1ccc(Cl)c(Cl)c1. The molecule has 108 valence electrons. The maximum Gasteiger partial charge on any atom is 0.0992 e. The van der Waals surface area contributed by atoms with Crippen LogP contribution in [0, 0.1) is 11.3 Å². The Morgan fingerprint density at radius 2 is 1.76 bits per heavy atom. The van der Waals surface area contributed by atoms with E-state index in [-0.39, 0.29) is 6.04 Å². The Hall–Kier alpha value is -1.40. The fourth-order valence-electron chi connectivity index (χ4n) is 2.04. The van der Waals surface area contributed by atoms with Crippen molar-refractivity contribution in [3.8, 4) is 6.07 Å². The van der Waals surface area contributed by atoms with E-state index in [0.29, 0.717) is 20.6 Å². The second kappa shape index (κ2) is 7.04. The summed E-state index contributed by atoms with van der Waals surface area (Å²) in [6, 6.07) is 12.8. The first kappa shape index (κ1) is 16.0. The van der Waals surface area contributed by atoms with Gasteiger partial charge in [-0.05, 0) is 42.3 Å². The average molecular weight is 340 g/mol. The molecule has 5 heteroatoms. The summed E-state index contributed by atoms with van der Waals surface area (Å²) >= 11 is 18.2. The van der Waals surface area contributed by atoms with Crippen LogP contribution >= 0.6 is 34.8 Å². The van der Waals surface area contributed by atoms with Crippen molar-refractivity contribution in [2.75, 3.05) is 5.32 Å². The largest absolute Gasteiger partial charge is 0.377 e. The second-order valence-electron chi connectivity index (χ2n) is 4.59. The van der Waals surface area contributed by atoms with Crippen LogP contribution in [0.1, 0.15) is 30.5 Å². The molecular formula is C16H13Cl3N2. The van der Waals surface area contributed by atoms with Gasteiger partial charge in [0.15, 0.2) is 0 Å². The number of hydrogen-bond acceptors (Lipinski definition) is 2. The third-order valence-electron chi connectivity index (χ3n) is 3.18. The number of benzene rings is 2. The van der Waals surface area contributed by atoms with Crippen molar-refractivity contribution in [1.29, 1.82) is 5.26 Å². The molecular weight excluding hydrogens is 327 g/mol. The number of nitrogens with zero attached hydrogens (tertiary/aromatic N) is 1. The van der Waals surface area contributed by atoms with Gasteiger partial charge in [-0.3, -0.25) is 0 Å². The van der Waals surface area contributed by atoms with E-state index >= 15 is 0 Å². The van der Waals surface area contributed by atoms with Crippen molar-refractivity contribution in [2.24, 2.45) is 0 Å². The number of halogens is 3. The van der Waals surface area contributed by atoms with E-state index < -0.39 is 0 Å². The van der Waals surface area contributed by atoms with Gasteiger partial charge in [-0.25, -0.2) is 0 Å². The van der Waals surface area contributed by atoms with Gasteiger partial charge in [0.1, 0.15) is 0 Å². The lowest BCUT2D eigenvalue weighted by Crippen LogP contribution is -2.10. The molecule has 0 heterocycles. The molecule has 0 aliphatic carbocycles. The molecule has 1 unspecified atom stereocenters. The van der Waals surface area contributed by atoms with Crippen molar-refractivity contribution in [2.45, 2.75) is 19.4 Å². The van der Waals surface area contributed by atoms with E-state index in [4.69, 9.17) is 40.1 Å². The lowest BCUT2D eigenvalue weighted by molar-refractivity contribution is 0.749. The van der Waals surface area contributed by atoms with Gasteiger partial charge >= 0.3 is 0 Å². The molecule has 0 fully saturated rings. The molecule has 0 amide bonds. The van der Waals surface area contributed by atoms with Gasteiger partial charge in [0.05, 0.1) is 38.4 Å². The zero-order valence-corrected chi connectivity index (χ0v) is 13.6. The Morgan fingerprint density at radius 3 is 2.38 bits per heavy atom. The van der Waals surface area contributed by atoms with Crippen molar-refractivity contribution >= 4 is 40.5 Å². The van der Waals surface area contributed by atoms with E-state index in [1.54, 1.807) is 24.3 Å². The zero-order valence-electron chi connectivity index (χ0n) is 11.3. The normalized spacial score (nSPS) is 11.8. The summed E-state index contributed by atoms with van der Waals surface area (Å²) in [5, 5.41) is 13.9. The first-order valence-electron chi connectivity index (χ1n) is 6.46. The first-order valence-corrected chi connectivity index (χ1v) is 7.59. The highest BCUT2D eigenvalue weighted by Crippen LogP contribution is 2.31. The number of rotatable bonds is 4. The predicted octanol–water partition coefficient (Wildman–Crippen LogP) is 6.08. The van der Waals surface area contributed by atoms with E-state index in [1.807, 2.05) is 12.1 Å². The molecule has 2 nitrogen and oxygen atoms in total. The third-order valence-corrected chi connectivity index (χ3v) is 4.25. The van der Waals surface area contributed by atoms with Gasteiger partial charge in [0.2, 0.25) is 0 Å². The van der Waals surface area contributed by atoms with Crippen LogP contribution in [0.4, 0.5) is 5.69 Å². The number of hydrogen-bond donors (Lipinski definition) is 1. The second-order valence-corrected chi connectivity index (χ2v) is 5.81. The van der Waals surface area contributed by atoms with Gasteiger partial charge in [-0.1, -0.05) is 47.8 Å². The van der Waals surface area contributed by atoms with Crippen molar-refractivity contribution in [3.63, 3.8) is 0 Å². The highest BCUT2D eigenvalue weighted by atomic mass is 35.5. The van der Waals surface area contributed by atoms with Gasteiger partial charge < -0.3 is 5.32 Å². The highest BCUT2D eigenvalue weighted by Gasteiger charge is 2.13. The minimum absolute atomic E-state index is 0.0335. The number of anilines is 1. The Morgan fingerprint density at radius 1 is 1.05 bits per heavy atom. The molecule has 0 bridgehead atoms. The molecule has 0 aliphatic heterocycles. The smallest absolute Gasteiger partial charge is 0.0992 e. The van der Waals surface area contributed by atoms with E-state index in [9.17, 15) is 0 Å². The van der Waals surface area contributed by atoms with Crippen molar-refractivity contribution in [1.82, 2.24) is 0 Å². The fraction of sp³-hybridized carbons (Fsp3) is 0.188.